The molecule has 0 aromatic carbocycles. The molecule has 0 fully saturated rings. The first-order valence-corrected chi connectivity index (χ1v) is 8.07. The summed E-state index contributed by atoms with van der Waals surface area (Å²) in [6, 6.07) is 0.144. The molecule has 1 atom stereocenters. The maximum Gasteiger partial charge on any atom is 0.0772 e. The molecular formula is C14H27N3S. The van der Waals surface area contributed by atoms with Crippen LogP contribution in [0.2, 0.25) is 0 Å². The van der Waals surface area contributed by atoms with Crippen LogP contribution in [0.1, 0.15) is 81.3 Å². The van der Waals surface area contributed by atoms with Gasteiger partial charge < -0.3 is 5.73 Å². The Labute approximate surface area is 115 Å². The molecule has 0 aliphatic carbocycles. The number of nitrogens with two attached hydrogens (primary N) is 1. The monoisotopic (exact) mass is 269 g/mol. The number of aryl methyl sites for hydroxylation is 1. The summed E-state index contributed by atoms with van der Waals surface area (Å²) >= 11 is 1.45. The molecule has 0 aliphatic heterocycles. The molecule has 3 nitrogen and oxygen atoms in total. The van der Waals surface area contributed by atoms with Crippen LogP contribution < -0.4 is 5.73 Å². The lowest BCUT2D eigenvalue weighted by Crippen LogP contribution is -2.09. The van der Waals surface area contributed by atoms with Crippen molar-refractivity contribution in [3.63, 3.8) is 0 Å². The van der Waals surface area contributed by atoms with E-state index < -0.39 is 0 Å². The molecular weight excluding hydrogens is 242 g/mol. The molecule has 1 rings (SSSR count). The molecule has 18 heavy (non-hydrogen) atoms. The summed E-state index contributed by atoms with van der Waals surface area (Å²) in [4.78, 5) is 1.16. The fraction of sp³-hybridized carbons (Fsp3) is 0.857. The second kappa shape index (κ2) is 9.45. The van der Waals surface area contributed by atoms with Gasteiger partial charge in [-0.05, 0) is 24.9 Å². The van der Waals surface area contributed by atoms with Gasteiger partial charge in [-0.3, -0.25) is 0 Å². The van der Waals surface area contributed by atoms with Crippen LogP contribution in [0.15, 0.2) is 0 Å². The van der Waals surface area contributed by atoms with Gasteiger partial charge >= 0.3 is 0 Å². The van der Waals surface area contributed by atoms with Gasteiger partial charge in [0, 0.05) is 6.04 Å². The van der Waals surface area contributed by atoms with E-state index in [1.54, 1.807) is 0 Å². The quantitative estimate of drug-likeness (QED) is 0.641. The molecule has 1 aromatic rings. The van der Waals surface area contributed by atoms with Gasteiger partial charge in [0.05, 0.1) is 10.6 Å². The Bertz CT molecular complexity index is 312. The minimum atomic E-state index is 0.144. The zero-order valence-corrected chi connectivity index (χ0v) is 12.6. The Morgan fingerprint density at radius 1 is 1.06 bits per heavy atom. The highest BCUT2D eigenvalue weighted by atomic mass is 32.1. The van der Waals surface area contributed by atoms with E-state index in [1.807, 2.05) is 6.92 Å². The summed E-state index contributed by atoms with van der Waals surface area (Å²) in [5.74, 6) is 0. The summed E-state index contributed by atoms with van der Waals surface area (Å²) < 4.78 is 3.94. The van der Waals surface area contributed by atoms with Crippen LogP contribution in [0.5, 0.6) is 0 Å². The highest BCUT2D eigenvalue weighted by Crippen LogP contribution is 2.22. The molecule has 0 spiro atoms. The molecule has 0 aliphatic rings. The second-order valence-electron chi connectivity index (χ2n) is 5.09. The third-order valence-electron chi connectivity index (χ3n) is 3.39. The zero-order chi connectivity index (χ0) is 13.2. The van der Waals surface area contributed by atoms with Gasteiger partial charge in [0.2, 0.25) is 0 Å². The topological polar surface area (TPSA) is 51.8 Å². The van der Waals surface area contributed by atoms with Gasteiger partial charge in [-0.15, -0.1) is 5.10 Å². The molecule has 0 saturated heterocycles. The third-order valence-corrected chi connectivity index (χ3v) is 4.35. The Hall–Kier alpha value is -0.480. The van der Waals surface area contributed by atoms with Crippen molar-refractivity contribution < 1.29 is 0 Å². The summed E-state index contributed by atoms with van der Waals surface area (Å²) in [5.41, 5.74) is 7.16. The van der Waals surface area contributed by atoms with Crippen LogP contribution in [-0.4, -0.2) is 9.59 Å². The fourth-order valence-electron chi connectivity index (χ4n) is 2.21. The third kappa shape index (κ3) is 5.91. The Kier molecular flexibility index (Phi) is 8.18. The summed E-state index contributed by atoms with van der Waals surface area (Å²) in [6.07, 6.45) is 11.9. The van der Waals surface area contributed by atoms with Crippen LogP contribution in [0.4, 0.5) is 0 Å². The lowest BCUT2D eigenvalue weighted by Gasteiger charge is -2.09. The normalized spacial score (nSPS) is 12.8. The van der Waals surface area contributed by atoms with Gasteiger partial charge in [0.15, 0.2) is 0 Å². The predicted molar refractivity (Wildman–Crippen MR) is 78.8 cm³/mol. The Morgan fingerprint density at radius 2 is 1.67 bits per heavy atom. The smallest absolute Gasteiger partial charge is 0.0772 e. The highest BCUT2D eigenvalue weighted by Gasteiger charge is 2.11. The van der Waals surface area contributed by atoms with Crippen LogP contribution in [-0.2, 0) is 0 Å². The van der Waals surface area contributed by atoms with Crippen LogP contribution in [0, 0.1) is 6.92 Å². The fourth-order valence-corrected chi connectivity index (χ4v) is 2.88. The number of nitrogens with zero attached hydrogens (tertiary/aromatic N) is 2. The lowest BCUT2D eigenvalue weighted by atomic mass is 10.0. The number of unbranched alkanes of at least 4 members (excludes halogenated alkanes) is 7. The second-order valence-corrected chi connectivity index (χ2v) is 5.88. The van der Waals surface area contributed by atoms with Gasteiger partial charge in [0.1, 0.15) is 0 Å². The molecule has 0 bridgehead atoms. The maximum atomic E-state index is 6.15. The van der Waals surface area contributed by atoms with E-state index in [2.05, 4.69) is 16.5 Å². The first-order valence-electron chi connectivity index (χ1n) is 7.30. The van der Waals surface area contributed by atoms with E-state index in [-0.39, 0.29) is 6.04 Å². The van der Waals surface area contributed by atoms with E-state index in [9.17, 15) is 0 Å². The summed E-state index contributed by atoms with van der Waals surface area (Å²) in [7, 11) is 0. The molecule has 1 heterocycles. The largest absolute Gasteiger partial charge is 0.323 e. The molecule has 0 radical (unpaired) electrons. The first-order chi connectivity index (χ1) is 8.75. The van der Waals surface area contributed by atoms with Gasteiger partial charge in [0.25, 0.3) is 0 Å². The zero-order valence-electron chi connectivity index (χ0n) is 11.8. The number of hydrogen-bond donors (Lipinski definition) is 1. The van der Waals surface area contributed by atoms with E-state index >= 15 is 0 Å². The lowest BCUT2D eigenvalue weighted by molar-refractivity contribution is 0.538. The average Bonchev–Trinajstić information content (AvgIpc) is 2.79. The van der Waals surface area contributed by atoms with Crippen molar-refractivity contribution in [3.8, 4) is 0 Å². The molecule has 2 N–H and O–H groups in total. The van der Waals surface area contributed by atoms with E-state index in [4.69, 9.17) is 5.73 Å². The van der Waals surface area contributed by atoms with Crippen molar-refractivity contribution in [2.45, 2.75) is 77.7 Å². The van der Waals surface area contributed by atoms with Crippen molar-refractivity contribution >= 4 is 11.5 Å². The molecule has 4 heteroatoms. The SMILES string of the molecule is CCCCCCCCCCC(N)c1snnc1C. The molecule has 0 amide bonds. The van der Waals surface area contributed by atoms with Crippen molar-refractivity contribution in [1.29, 1.82) is 0 Å². The number of hydrogen-bond acceptors (Lipinski definition) is 4. The predicted octanol–water partition coefficient (Wildman–Crippen LogP) is 4.38. The van der Waals surface area contributed by atoms with Crippen molar-refractivity contribution in [2.24, 2.45) is 5.73 Å². The van der Waals surface area contributed by atoms with Crippen LogP contribution in [0.3, 0.4) is 0 Å². The summed E-state index contributed by atoms with van der Waals surface area (Å²) in [5, 5.41) is 4.01. The standard InChI is InChI=1S/C14H27N3S/c1-3-4-5-6-7-8-9-10-11-13(15)14-12(2)16-17-18-14/h13H,3-11,15H2,1-2H3. The first kappa shape index (κ1) is 15.6. The maximum absolute atomic E-state index is 6.15. The Morgan fingerprint density at radius 3 is 2.22 bits per heavy atom. The van der Waals surface area contributed by atoms with E-state index in [0.29, 0.717) is 0 Å². The summed E-state index contributed by atoms with van der Waals surface area (Å²) in [6.45, 7) is 4.25. The molecule has 104 valence electrons. The highest BCUT2D eigenvalue weighted by molar-refractivity contribution is 7.05. The molecule has 1 aromatic heterocycles. The van der Waals surface area contributed by atoms with Crippen molar-refractivity contribution in [2.75, 3.05) is 0 Å². The average molecular weight is 269 g/mol. The van der Waals surface area contributed by atoms with E-state index in [1.165, 1.54) is 62.9 Å². The minimum absolute atomic E-state index is 0.144. The van der Waals surface area contributed by atoms with Gasteiger partial charge in [-0.25, -0.2) is 0 Å². The van der Waals surface area contributed by atoms with Crippen LogP contribution in [0.25, 0.3) is 0 Å². The van der Waals surface area contributed by atoms with Gasteiger partial charge in [-0.2, -0.15) is 0 Å². The van der Waals surface area contributed by atoms with Gasteiger partial charge in [-0.1, -0.05) is 62.8 Å². The Balaban J connectivity index is 1.99. The minimum Gasteiger partial charge on any atom is -0.323 e. The number of rotatable bonds is 10. The molecule has 0 saturated carbocycles. The van der Waals surface area contributed by atoms with Crippen LogP contribution >= 0.6 is 11.5 Å². The van der Waals surface area contributed by atoms with E-state index in [0.717, 1.165) is 17.0 Å². The van der Waals surface area contributed by atoms with Crippen molar-refractivity contribution in [1.82, 2.24) is 9.59 Å². The number of aromatic nitrogens is 2. The molecule has 1 unspecified atom stereocenters. The van der Waals surface area contributed by atoms with Crippen molar-refractivity contribution in [3.05, 3.63) is 10.6 Å².